The fraction of sp³-hybridized carbons (Fsp3) is 0.273. The Kier molecular flexibility index (Phi) is 8.71. The molecule has 4 aromatic rings. The SMILES string of the molecule is CC(C)CCCCN(C(c1ccccc1)c1ccccc1)C(c1ccccc1)c1ccccc1. The predicted octanol–water partition coefficient (Wildman–Crippen LogP) is 8.69. The summed E-state index contributed by atoms with van der Waals surface area (Å²) in [5.41, 5.74) is 5.37. The van der Waals surface area contributed by atoms with E-state index in [4.69, 9.17) is 0 Å². The molecular weight excluding hydrogens is 410 g/mol. The van der Waals surface area contributed by atoms with E-state index in [1.165, 1.54) is 41.5 Å². The summed E-state index contributed by atoms with van der Waals surface area (Å²) in [5.74, 6) is 0.742. The highest BCUT2D eigenvalue weighted by Gasteiger charge is 2.30. The molecule has 0 spiro atoms. The van der Waals surface area contributed by atoms with E-state index in [0.29, 0.717) is 0 Å². The Hall–Kier alpha value is -3.16. The van der Waals surface area contributed by atoms with Crippen molar-refractivity contribution in [1.82, 2.24) is 4.90 Å². The normalized spacial score (nSPS) is 11.6. The fourth-order valence-electron chi connectivity index (χ4n) is 4.95. The molecule has 0 saturated carbocycles. The van der Waals surface area contributed by atoms with Gasteiger partial charge in [-0.3, -0.25) is 4.90 Å². The molecule has 0 heterocycles. The van der Waals surface area contributed by atoms with Gasteiger partial charge in [0.05, 0.1) is 12.1 Å². The molecule has 0 fully saturated rings. The molecule has 0 aliphatic rings. The quantitative estimate of drug-likeness (QED) is 0.208. The van der Waals surface area contributed by atoms with Crippen LogP contribution in [-0.2, 0) is 0 Å². The number of rotatable bonds is 11. The molecule has 1 heteroatoms. The summed E-state index contributed by atoms with van der Waals surface area (Å²) in [6.07, 6.45) is 3.71. The van der Waals surface area contributed by atoms with Crippen molar-refractivity contribution in [1.29, 1.82) is 0 Å². The van der Waals surface area contributed by atoms with E-state index < -0.39 is 0 Å². The number of nitrogens with zero attached hydrogens (tertiary/aromatic N) is 1. The highest BCUT2D eigenvalue weighted by Crippen LogP contribution is 2.39. The van der Waals surface area contributed by atoms with Gasteiger partial charge in [0.1, 0.15) is 0 Å². The summed E-state index contributed by atoms with van der Waals surface area (Å²) in [4.78, 5) is 2.73. The lowest BCUT2D eigenvalue weighted by molar-refractivity contribution is 0.175. The highest BCUT2D eigenvalue weighted by molar-refractivity contribution is 5.37. The van der Waals surface area contributed by atoms with Crippen LogP contribution in [0.3, 0.4) is 0 Å². The largest absolute Gasteiger partial charge is 0.281 e. The smallest absolute Gasteiger partial charge is 0.0610 e. The van der Waals surface area contributed by atoms with E-state index in [0.717, 1.165) is 12.5 Å². The van der Waals surface area contributed by atoms with E-state index in [-0.39, 0.29) is 12.1 Å². The molecule has 174 valence electrons. The van der Waals surface area contributed by atoms with Crippen LogP contribution in [0, 0.1) is 5.92 Å². The number of unbranched alkanes of at least 4 members (excludes halogenated alkanes) is 1. The van der Waals surface area contributed by atoms with E-state index in [1.54, 1.807) is 0 Å². The second-order valence-corrected chi connectivity index (χ2v) is 9.58. The van der Waals surface area contributed by atoms with Crippen molar-refractivity contribution in [3.63, 3.8) is 0 Å². The molecule has 0 aliphatic heterocycles. The van der Waals surface area contributed by atoms with Crippen LogP contribution in [0.1, 0.15) is 67.4 Å². The number of hydrogen-bond donors (Lipinski definition) is 0. The predicted molar refractivity (Wildman–Crippen MR) is 145 cm³/mol. The Morgan fingerprint density at radius 2 is 0.794 bits per heavy atom. The van der Waals surface area contributed by atoms with Crippen LogP contribution in [0.4, 0.5) is 0 Å². The van der Waals surface area contributed by atoms with Crippen molar-refractivity contribution < 1.29 is 0 Å². The van der Waals surface area contributed by atoms with Crippen LogP contribution in [0.25, 0.3) is 0 Å². The van der Waals surface area contributed by atoms with E-state index >= 15 is 0 Å². The highest BCUT2D eigenvalue weighted by atomic mass is 15.2. The standard InChI is InChI=1S/C33H37N/c1-27(2)17-15-16-26-34(32(28-18-7-3-8-19-28)29-20-9-4-10-21-29)33(30-22-11-5-12-23-30)31-24-13-6-14-25-31/h3-14,18-25,27,32-33H,15-17,26H2,1-2H3. The maximum absolute atomic E-state index is 2.73. The Morgan fingerprint density at radius 3 is 1.09 bits per heavy atom. The molecule has 4 rings (SSSR count). The summed E-state index contributed by atoms with van der Waals surface area (Å²) < 4.78 is 0. The summed E-state index contributed by atoms with van der Waals surface area (Å²) in [5, 5.41) is 0. The van der Waals surface area contributed by atoms with Crippen LogP contribution in [0.5, 0.6) is 0 Å². The van der Waals surface area contributed by atoms with Gasteiger partial charge in [0.25, 0.3) is 0 Å². The second kappa shape index (κ2) is 12.3. The lowest BCUT2D eigenvalue weighted by Crippen LogP contribution is -2.35. The molecule has 34 heavy (non-hydrogen) atoms. The molecule has 0 atom stereocenters. The molecule has 0 aromatic heterocycles. The average molecular weight is 448 g/mol. The zero-order chi connectivity index (χ0) is 23.6. The minimum atomic E-state index is 0.173. The minimum Gasteiger partial charge on any atom is -0.281 e. The van der Waals surface area contributed by atoms with Gasteiger partial charge in [0, 0.05) is 6.54 Å². The Balaban J connectivity index is 1.83. The monoisotopic (exact) mass is 447 g/mol. The Bertz CT molecular complexity index is 912. The van der Waals surface area contributed by atoms with Crippen LogP contribution < -0.4 is 0 Å². The number of hydrogen-bond acceptors (Lipinski definition) is 1. The maximum atomic E-state index is 2.73. The van der Waals surface area contributed by atoms with Gasteiger partial charge in [-0.2, -0.15) is 0 Å². The molecule has 4 aromatic carbocycles. The molecule has 0 amide bonds. The first-order chi connectivity index (χ1) is 16.7. The third kappa shape index (κ3) is 6.24. The first-order valence-electron chi connectivity index (χ1n) is 12.7. The summed E-state index contributed by atoms with van der Waals surface area (Å²) in [7, 11) is 0. The maximum Gasteiger partial charge on any atom is 0.0610 e. The van der Waals surface area contributed by atoms with Crippen LogP contribution in [0.15, 0.2) is 121 Å². The van der Waals surface area contributed by atoms with Gasteiger partial charge in [-0.15, -0.1) is 0 Å². The zero-order valence-electron chi connectivity index (χ0n) is 20.6. The van der Waals surface area contributed by atoms with Gasteiger partial charge >= 0.3 is 0 Å². The Labute approximate surface area is 206 Å². The van der Waals surface area contributed by atoms with E-state index in [1.807, 2.05) is 0 Å². The van der Waals surface area contributed by atoms with Crippen molar-refractivity contribution in [3.8, 4) is 0 Å². The first kappa shape index (κ1) is 24.0. The van der Waals surface area contributed by atoms with Crippen LogP contribution in [0.2, 0.25) is 0 Å². The van der Waals surface area contributed by atoms with E-state index in [2.05, 4.69) is 140 Å². The van der Waals surface area contributed by atoms with Crippen LogP contribution in [-0.4, -0.2) is 11.4 Å². The van der Waals surface area contributed by atoms with Gasteiger partial charge in [0.15, 0.2) is 0 Å². The summed E-state index contributed by atoms with van der Waals surface area (Å²) >= 11 is 0. The summed E-state index contributed by atoms with van der Waals surface area (Å²) in [6.45, 7) is 5.69. The fourth-order valence-corrected chi connectivity index (χ4v) is 4.95. The Morgan fingerprint density at radius 1 is 0.471 bits per heavy atom. The third-order valence-corrected chi connectivity index (χ3v) is 6.57. The molecule has 0 bridgehead atoms. The topological polar surface area (TPSA) is 3.24 Å². The lowest BCUT2D eigenvalue weighted by Gasteiger charge is -2.39. The van der Waals surface area contributed by atoms with Gasteiger partial charge in [0.2, 0.25) is 0 Å². The van der Waals surface area contributed by atoms with Gasteiger partial charge in [-0.25, -0.2) is 0 Å². The van der Waals surface area contributed by atoms with Crippen molar-refractivity contribution in [2.45, 2.75) is 45.2 Å². The van der Waals surface area contributed by atoms with Gasteiger partial charge in [-0.1, -0.05) is 148 Å². The summed E-state index contributed by atoms with van der Waals surface area (Å²) in [6, 6.07) is 44.4. The van der Waals surface area contributed by atoms with E-state index in [9.17, 15) is 0 Å². The van der Waals surface area contributed by atoms with Gasteiger partial charge in [-0.05, 0) is 34.6 Å². The molecule has 0 saturated heterocycles. The number of benzene rings is 4. The van der Waals surface area contributed by atoms with Crippen molar-refractivity contribution in [2.75, 3.05) is 6.54 Å². The second-order valence-electron chi connectivity index (χ2n) is 9.58. The molecule has 0 radical (unpaired) electrons. The van der Waals surface area contributed by atoms with Gasteiger partial charge < -0.3 is 0 Å². The molecule has 1 nitrogen and oxygen atoms in total. The third-order valence-electron chi connectivity index (χ3n) is 6.57. The zero-order valence-corrected chi connectivity index (χ0v) is 20.6. The molecule has 0 N–H and O–H groups in total. The molecular formula is C33H37N. The average Bonchev–Trinajstić information content (AvgIpc) is 2.89. The van der Waals surface area contributed by atoms with Crippen molar-refractivity contribution >= 4 is 0 Å². The lowest BCUT2D eigenvalue weighted by atomic mass is 9.90. The first-order valence-corrected chi connectivity index (χ1v) is 12.7. The van der Waals surface area contributed by atoms with Crippen molar-refractivity contribution in [3.05, 3.63) is 144 Å². The van der Waals surface area contributed by atoms with Crippen molar-refractivity contribution in [2.24, 2.45) is 5.92 Å². The van der Waals surface area contributed by atoms with Crippen LogP contribution >= 0.6 is 0 Å². The minimum absolute atomic E-state index is 0.173. The molecule has 0 aliphatic carbocycles. The molecule has 0 unspecified atom stereocenters.